The maximum Gasteiger partial charge on any atom is 0.320 e. The van der Waals surface area contributed by atoms with E-state index in [4.69, 9.17) is 10.8 Å². The highest BCUT2D eigenvalue weighted by molar-refractivity contribution is 5.73. The number of nitrogens with one attached hydrogen (secondary N) is 1. The Hall–Kier alpha value is -1.36. The van der Waals surface area contributed by atoms with Crippen LogP contribution < -0.4 is 5.73 Å². The normalized spacial score (nSPS) is 12.8. The summed E-state index contributed by atoms with van der Waals surface area (Å²) in [6, 6.07) is -0.879. The van der Waals surface area contributed by atoms with Crippen LogP contribution in [-0.2, 0) is 11.2 Å². The second kappa shape index (κ2) is 3.36. The van der Waals surface area contributed by atoms with Crippen molar-refractivity contribution in [3.05, 3.63) is 17.7 Å². The van der Waals surface area contributed by atoms with E-state index in [-0.39, 0.29) is 6.42 Å². The fourth-order valence-corrected chi connectivity index (χ4v) is 0.866. The summed E-state index contributed by atoms with van der Waals surface area (Å²) < 4.78 is 0. The van der Waals surface area contributed by atoms with Crippen LogP contribution in [0.3, 0.4) is 0 Å². The number of carboxylic acids is 1. The highest BCUT2D eigenvalue weighted by Gasteiger charge is 2.13. The van der Waals surface area contributed by atoms with E-state index in [9.17, 15) is 4.79 Å². The van der Waals surface area contributed by atoms with Gasteiger partial charge in [-0.1, -0.05) is 0 Å². The van der Waals surface area contributed by atoms with Crippen LogP contribution in [0.5, 0.6) is 0 Å². The molecule has 5 nitrogen and oxygen atoms in total. The summed E-state index contributed by atoms with van der Waals surface area (Å²) >= 11 is 0. The molecule has 0 aliphatic carbocycles. The van der Waals surface area contributed by atoms with Crippen LogP contribution in [0.25, 0.3) is 0 Å². The first kappa shape index (κ1) is 8.73. The van der Waals surface area contributed by atoms with Gasteiger partial charge in [-0.15, -0.1) is 0 Å². The number of aromatic amines is 1. The zero-order valence-electron chi connectivity index (χ0n) is 6.74. The van der Waals surface area contributed by atoms with Crippen molar-refractivity contribution in [2.24, 2.45) is 5.73 Å². The lowest BCUT2D eigenvalue weighted by molar-refractivity contribution is -0.138. The van der Waals surface area contributed by atoms with Crippen molar-refractivity contribution in [2.45, 2.75) is 19.4 Å². The minimum absolute atomic E-state index is 0.239. The number of aliphatic carboxylic acids is 1. The number of rotatable bonds is 3. The van der Waals surface area contributed by atoms with Crippen LogP contribution in [-0.4, -0.2) is 27.1 Å². The van der Waals surface area contributed by atoms with Gasteiger partial charge in [0.25, 0.3) is 0 Å². The molecule has 0 fully saturated rings. The molecule has 1 heterocycles. The number of aryl methyl sites for hydroxylation is 1. The molecular weight excluding hydrogens is 158 g/mol. The van der Waals surface area contributed by atoms with Crippen molar-refractivity contribution in [3.8, 4) is 0 Å². The predicted molar refractivity (Wildman–Crippen MR) is 42.6 cm³/mol. The Bertz CT molecular complexity index is 282. The summed E-state index contributed by atoms with van der Waals surface area (Å²) in [5.41, 5.74) is 6.20. The van der Waals surface area contributed by atoms with Crippen molar-refractivity contribution in [1.29, 1.82) is 0 Å². The highest BCUT2D eigenvalue weighted by Crippen LogP contribution is 1.97. The largest absolute Gasteiger partial charge is 0.480 e. The second-order valence-electron chi connectivity index (χ2n) is 2.66. The monoisotopic (exact) mass is 169 g/mol. The maximum absolute atomic E-state index is 10.3. The molecule has 0 aliphatic heterocycles. The van der Waals surface area contributed by atoms with Crippen LogP contribution in [0.2, 0.25) is 0 Å². The van der Waals surface area contributed by atoms with Gasteiger partial charge in [-0.3, -0.25) is 4.79 Å². The van der Waals surface area contributed by atoms with Crippen molar-refractivity contribution in [1.82, 2.24) is 9.97 Å². The number of nitrogens with two attached hydrogens (primary N) is 1. The molecule has 0 saturated heterocycles. The molecule has 0 aromatic carbocycles. The van der Waals surface area contributed by atoms with Gasteiger partial charge < -0.3 is 15.8 Å². The average molecular weight is 169 g/mol. The molecule has 0 aliphatic rings. The molecule has 12 heavy (non-hydrogen) atoms. The first-order chi connectivity index (χ1) is 5.59. The van der Waals surface area contributed by atoms with Crippen molar-refractivity contribution >= 4 is 5.97 Å². The molecule has 0 radical (unpaired) electrons. The quantitative estimate of drug-likeness (QED) is 0.577. The molecule has 0 spiro atoms. The number of aromatic nitrogens is 2. The van der Waals surface area contributed by atoms with Gasteiger partial charge in [0, 0.05) is 18.3 Å². The summed E-state index contributed by atoms with van der Waals surface area (Å²) in [5.74, 6) is -0.397. The first-order valence-electron chi connectivity index (χ1n) is 3.58. The number of H-pyrrole nitrogens is 1. The molecule has 1 aromatic heterocycles. The van der Waals surface area contributed by atoms with E-state index in [2.05, 4.69) is 9.97 Å². The van der Waals surface area contributed by atoms with Crippen LogP contribution in [0, 0.1) is 6.92 Å². The van der Waals surface area contributed by atoms with Crippen molar-refractivity contribution in [2.75, 3.05) is 0 Å². The third kappa shape index (κ3) is 2.06. The number of imidazole rings is 1. The zero-order valence-corrected chi connectivity index (χ0v) is 6.74. The van der Waals surface area contributed by atoms with Gasteiger partial charge in [-0.05, 0) is 6.92 Å². The summed E-state index contributed by atoms with van der Waals surface area (Å²) in [7, 11) is 0. The van der Waals surface area contributed by atoms with Crippen LogP contribution in [0.15, 0.2) is 6.20 Å². The Labute approximate surface area is 69.6 Å². The fourth-order valence-electron chi connectivity index (χ4n) is 0.866. The molecule has 0 amide bonds. The Morgan fingerprint density at radius 3 is 3.00 bits per heavy atom. The standard InChI is InChI=1S/C7H11N3O2/c1-4-3-9-6(10-4)2-5(8)7(11)12/h3,5H,2,8H2,1H3,(H,9,10)(H,11,12). The lowest BCUT2D eigenvalue weighted by atomic mass is 10.2. The van der Waals surface area contributed by atoms with E-state index in [1.807, 2.05) is 6.92 Å². The summed E-state index contributed by atoms with van der Waals surface area (Å²) in [5, 5.41) is 8.48. The number of carboxylic acid groups (broad SMARTS) is 1. The minimum Gasteiger partial charge on any atom is -0.480 e. The number of hydrogen-bond acceptors (Lipinski definition) is 3. The molecule has 5 heteroatoms. The highest BCUT2D eigenvalue weighted by atomic mass is 16.4. The lowest BCUT2D eigenvalue weighted by Gasteiger charge is -2.01. The Balaban J connectivity index is 2.58. The Morgan fingerprint density at radius 2 is 2.58 bits per heavy atom. The molecular formula is C7H11N3O2. The molecule has 1 atom stereocenters. The van der Waals surface area contributed by atoms with Gasteiger partial charge in [-0.25, -0.2) is 4.98 Å². The third-order valence-corrected chi connectivity index (χ3v) is 1.49. The van der Waals surface area contributed by atoms with Crippen LogP contribution in [0.1, 0.15) is 11.5 Å². The number of hydrogen-bond donors (Lipinski definition) is 3. The maximum atomic E-state index is 10.3. The summed E-state index contributed by atoms with van der Waals surface area (Å²) in [6.07, 6.45) is 1.88. The van der Waals surface area contributed by atoms with Gasteiger partial charge in [0.2, 0.25) is 0 Å². The predicted octanol–water partition coefficient (Wildman–Crippen LogP) is -0.327. The van der Waals surface area contributed by atoms with Crippen LogP contribution in [0.4, 0.5) is 0 Å². The molecule has 1 aromatic rings. The van der Waals surface area contributed by atoms with Gasteiger partial charge in [0.15, 0.2) is 0 Å². The SMILES string of the molecule is Cc1cnc(CC(N)C(=O)O)[nH]1. The summed E-state index contributed by atoms with van der Waals surface area (Å²) in [4.78, 5) is 17.2. The topological polar surface area (TPSA) is 92.0 Å². The smallest absolute Gasteiger partial charge is 0.320 e. The van der Waals surface area contributed by atoms with Gasteiger partial charge >= 0.3 is 5.97 Å². The van der Waals surface area contributed by atoms with Crippen molar-refractivity contribution in [3.63, 3.8) is 0 Å². The Kier molecular flexibility index (Phi) is 2.44. The molecule has 4 N–H and O–H groups in total. The minimum atomic E-state index is -1.01. The molecule has 0 saturated carbocycles. The van der Waals surface area contributed by atoms with E-state index < -0.39 is 12.0 Å². The molecule has 1 unspecified atom stereocenters. The average Bonchev–Trinajstić information content (AvgIpc) is 2.35. The molecule has 1 rings (SSSR count). The summed E-state index contributed by atoms with van der Waals surface area (Å²) in [6.45, 7) is 1.85. The van der Waals surface area contributed by atoms with Crippen molar-refractivity contribution < 1.29 is 9.90 Å². The van der Waals surface area contributed by atoms with E-state index in [0.29, 0.717) is 5.82 Å². The van der Waals surface area contributed by atoms with E-state index >= 15 is 0 Å². The first-order valence-corrected chi connectivity index (χ1v) is 3.58. The lowest BCUT2D eigenvalue weighted by Crippen LogP contribution is -2.32. The van der Waals surface area contributed by atoms with Gasteiger partial charge in [-0.2, -0.15) is 0 Å². The molecule has 66 valence electrons. The van der Waals surface area contributed by atoms with E-state index in [1.54, 1.807) is 6.20 Å². The second-order valence-corrected chi connectivity index (χ2v) is 2.66. The van der Waals surface area contributed by atoms with E-state index in [0.717, 1.165) is 5.69 Å². The van der Waals surface area contributed by atoms with Crippen LogP contribution >= 0.6 is 0 Å². The fraction of sp³-hybridized carbons (Fsp3) is 0.429. The van der Waals surface area contributed by atoms with E-state index in [1.165, 1.54) is 0 Å². The van der Waals surface area contributed by atoms with Gasteiger partial charge in [0.1, 0.15) is 11.9 Å². The van der Waals surface area contributed by atoms with Gasteiger partial charge in [0.05, 0.1) is 0 Å². The zero-order chi connectivity index (χ0) is 9.14. The third-order valence-electron chi connectivity index (χ3n) is 1.49. The molecule has 0 bridgehead atoms. The Morgan fingerprint density at radius 1 is 1.92 bits per heavy atom. The number of carbonyl (C=O) groups is 1. The number of nitrogens with zero attached hydrogens (tertiary/aromatic N) is 1.